The molecule has 1 saturated carbocycles. The van der Waals surface area contributed by atoms with Gasteiger partial charge in [-0.2, -0.15) is 0 Å². The van der Waals surface area contributed by atoms with Crippen LogP contribution in [0.2, 0.25) is 5.02 Å². The van der Waals surface area contributed by atoms with Gasteiger partial charge in [-0.3, -0.25) is 0 Å². The number of fused-ring (bicyclic) bond motifs is 2. The van der Waals surface area contributed by atoms with Crippen molar-refractivity contribution in [2.45, 2.75) is 43.7 Å². The molecule has 1 fully saturated rings. The fourth-order valence-corrected chi connectivity index (χ4v) is 5.87. The van der Waals surface area contributed by atoms with E-state index < -0.39 is 0 Å². The molecule has 2 aromatic carbocycles. The van der Waals surface area contributed by atoms with Crippen LogP contribution >= 0.6 is 27.5 Å². The fourth-order valence-electron chi connectivity index (χ4n) is 5.23. The van der Waals surface area contributed by atoms with Crippen LogP contribution in [0.25, 0.3) is 0 Å². The molecule has 2 aliphatic rings. The third-order valence-corrected chi connectivity index (χ3v) is 8.20. The summed E-state index contributed by atoms with van der Waals surface area (Å²) in [7, 11) is 1.67. The highest BCUT2D eigenvalue weighted by Gasteiger charge is 2.48. The van der Waals surface area contributed by atoms with Gasteiger partial charge in [0.25, 0.3) is 0 Å². The van der Waals surface area contributed by atoms with Crippen LogP contribution < -0.4 is 9.64 Å². The first kappa shape index (κ1) is 23.2. The summed E-state index contributed by atoms with van der Waals surface area (Å²) >= 11 is 10.4. The van der Waals surface area contributed by atoms with Crippen LogP contribution in [0.5, 0.6) is 5.75 Å². The summed E-state index contributed by atoms with van der Waals surface area (Å²) in [4.78, 5) is 19.6. The topological polar surface area (TPSA) is 51.7 Å². The van der Waals surface area contributed by atoms with E-state index in [2.05, 4.69) is 33.0 Å². The number of rotatable bonds is 5. The molecule has 0 radical (unpaired) electrons. The molecule has 176 valence electrons. The third kappa shape index (κ3) is 4.41. The van der Waals surface area contributed by atoms with Crippen molar-refractivity contribution in [3.8, 4) is 5.75 Å². The molecule has 3 aromatic rings. The second kappa shape index (κ2) is 9.59. The Morgan fingerprint density at radius 2 is 1.85 bits per heavy atom. The zero-order valence-corrected chi connectivity index (χ0v) is 21.3. The lowest BCUT2D eigenvalue weighted by Crippen LogP contribution is -2.39. The van der Waals surface area contributed by atoms with Gasteiger partial charge in [0.05, 0.1) is 22.2 Å². The van der Waals surface area contributed by atoms with Crippen LogP contribution in [0.15, 0.2) is 65.3 Å². The number of halogens is 2. The van der Waals surface area contributed by atoms with Crippen molar-refractivity contribution >= 4 is 39.3 Å². The van der Waals surface area contributed by atoms with Crippen molar-refractivity contribution in [3.63, 3.8) is 0 Å². The van der Waals surface area contributed by atoms with E-state index in [-0.39, 0.29) is 17.5 Å². The first-order chi connectivity index (χ1) is 16.5. The van der Waals surface area contributed by atoms with Crippen LogP contribution in [0.1, 0.15) is 47.2 Å². The monoisotopic (exact) mass is 540 g/mol. The molecule has 1 aliphatic heterocycles. The summed E-state index contributed by atoms with van der Waals surface area (Å²) in [5, 5.41) is 0.738. The Kier molecular flexibility index (Phi) is 6.54. The van der Waals surface area contributed by atoms with Crippen LogP contribution in [0, 0.1) is 0 Å². The maximum absolute atomic E-state index is 12.5. The Morgan fingerprint density at radius 3 is 2.53 bits per heavy atom. The smallest absolute Gasteiger partial charge is 0.338 e. The summed E-state index contributed by atoms with van der Waals surface area (Å²) in [6.45, 7) is 1.59. The Bertz CT molecular complexity index is 1180. The number of ether oxygens (including phenoxy) is 2. The van der Waals surface area contributed by atoms with Gasteiger partial charge in [0.2, 0.25) is 0 Å². The number of methoxy groups -OCH3 is 1. The molecule has 5 nitrogen and oxygen atoms in total. The quantitative estimate of drug-likeness (QED) is 0.342. The highest BCUT2D eigenvalue weighted by atomic mass is 79.9. The zero-order valence-electron chi connectivity index (χ0n) is 19.0. The van der Waals surface area contributed by atoms with E-state index >= 15 is 0 Å². The Balaban J connectivity index is 1.35. The SMILES string of the molecule is COc1ccc(CN2CC3(CCC(OC(=O)c4ccccc4)CC3)c3c2ncc(Br)c3Cl)cc1. The number of anilines is 1. The van der Waals surface area contributed by atoms with E-state index in [1.54, 1.807) is 25.4 Å². The van der Waals surface area contributed by atoms with Crippen molar-refractivity contribution < 1.29 is 14.3 Å². The Hall–Kier alpha value is -2.57. The van der Waals surface area contributed by atoms with Gasteiger partial charge in [-0.05, 0) is 71.4 Å². The first-order valence-corrected chi connectivity index (χ1v) is 12.6. The Morgan fingerprint density at radius 1 is 1.15 bits per heavy atom. The van der Waals surface area contributed by atoms with Crippen molar-refractivity contribution in [1.82, 2.24) is 4.98 Å². The lowest BCUT2D eigenvalue weighted by Gasteiger charge is -2.38. The normalized spacial score (nSPS) is 21.4. The third-order valence-electron chi connectivity index (χ3n) is 6.98. The number of esters is 1. The second-order valence-corrected chi connectivity index (χ2v) is 10.3. The predicted octanol–water partition coefficient (Wildman–Crippen LogP) is 6.56. The summed E-state index contributed by atoms with van der Waals surface area (Å²) in [5.74, 6) is 1.54. The summed E-state index contributed by atoms with van der Waals surface area (Å²) in [6, 6.07) is 17.3. The highest BCUT2D eigenvalue weighted by Crippen LogP contribution is 2.53. The average molecular weight is 542 g/mol. The van der Waals surface area contributed by atoms with E-state index in [4.69, 9.17) is 26.1 Å². The van der Waals surface area contributed by atoms with Crippen molar-refractivity contribution in [2.24, 2.45) is 0 Å². The summed E-state index contributed by atoms with van der Waals surface area (Å²) in [6.07, 6.45) is 5.09. The van der Waals surface area contributed by atoms with E-state index in [0.29, 0.717) is 5.56 Å². The van der Waals surface area contributed by atoms with Gasteiger partial charge in [-0.25, -0.2) is 9.78 Å². The number of benzene rings is 2. The number of carbonyl (C=O) groups excluding carboxylic acids is 1. The minimum absolute atomic E-state index is 0.0868. The first-order valence-electron chi connectivity index (χ1n) is 11.5. The molecule has 0 amide bonds. The molecular formula is C27H26BrClN2O3. The number of hydrogen-bond acceptors (Lipinski definition) is 5. The molecule has 7 heteroatoms. The van der Waals surface area contributed by atoms with Crippen molar-refractivity contribution in [2.75, 3.05) is 18.6 Å². The summed E-state index contributed by atoms with van der Waals surface area (Å²) in [5.41, 5.74) is 2.79. The van der Waals surface area contributed by atoms with Crippen LogP contribution in [-0.4, -0.2) is 30.7 Å². The number of aromatic nitrogens is 1. The van der Waals surface area contributed by atoms with Gasteiger partial charge >= 0.3 is 5.97 Å². The van der Waals surface area contributed by atoms with E-state index in [9.17, 15) is 4.79 Å². The number of pyridine rings is 1. The predicted molar refractivity (Wildman–Crippen MR) is 137 cm³/mol. The minimum Gasteiger partial charge on any atom is -0.497 e. The molecule has 34 heavy (non-hydrogen) atoms. The molecular weight excluding hydrogens is 516 g/mol. The maximum Gasteiger partial charge on any atom is 0.338 e. The highest BCUT2D eigenvalue weighted by molar-refractivity contribution is 9.10. The molecule has 2 heterocycles. The van der Waals surface area contributed by atoms with Gasteiger partial charge in [-0.1, -0.05) is 41.9 Å². The molecule has 0 N–H and O–H groups in total. The molecule has 0 unspecified atom stereocenters. The average Bonchev–Trinajstić information content (AvgIpc) is 3.17. The largest absolute Gasteiger partial charge is 0.497 e. The van der Waals surface area contributed by atoms with Crippen molar-refractivity contribution in [1.29, 1.82) is 0 Å². The zero-order chi connectivity index (χ0) is 23.7. The molecule has 0 bridgehead atoms. The lowest BCUT2D eigenvalue weighted by molar-refractivity contribution is 0.0145. The molecule has 0 saturated heterocycles. The van der Waals surface area contributed by atoms with Crippen LogP contribution in [-0.2, 0) is 16.7 Å². The number of nitrogens with zero attached hydrogens (tertiary/aromatic N) is 2. The number of carbonyl (C=O) groups is 1. The van der Waals surface area contributed by atoms with Gasteiger partial charge in [0.1, 0.15) is 17.7 Å². The Labute approximate surface area is 213 Å². The van der Waals surface area contributed by atoms with E-state index in [0.717, 1.165) is 65.4 Å². The van der Waals surface area contributed by atoms with Gasteiger partial charge in [0.15, 0.2) is 0 Å². The molecule has 5 rings (SSSR count). The van der Waals surface area contributed by atoms with Crippen molar-refractivity contribution in [3.05, 3.63) is 87.0 Å². The molecule has 1 aromatic heterocycles. The van der Waals surface area contributed by atoms with Crippen LogP contribution in [0.4, 0.5) is 5.82 Å². The maximum atomic E-state index is 12.5. The fraction of sp³-hybridized carbons (Fsp3) is 0.333. The minimum atomic E-state index is -0.253. The van der Waals surface area contributed by atoms with Crippen LogP contribution in [0.3, 0.4) is 0 Å². The molecule has 1 aliphatic carbocycles. The second-order valence-electron chi connectivity index (χ2n) is 9.07. The van der Waals surface area contributed by atoms with Gasteiger partial charge in [0, 0.05) is 30.3 Å². The lowest BCUT2D eigenvalue weighted by atomic mass is 9.70. The molecule has 0 atom stereocenters. The molecule has 1 spiro atoms. The number of hydrogen-bond donors (Lipinski definition) is 0. The summed E-state index contributed by atoms with van der Waals surface area (Å²) < 4.78 is 12.0. The van der Waals surface area contributed by atoms with Gasteiger partial charge in [-0.15, -0.1) is 0 Å². The van der Waals surface area contributed by atoms with Gasteiger partial charge < -0.3 is 14.4 Å². The standard InChI is InChI=1S/C27H26BrClN2O3/c1-33-20-9-7-18(8-10-20)16-31-17-27(23-24(29)22(28)15-30-25(23)31)13-11-21(12-14-27)34-26(32)19-5-3-2-4-6-19/h2-10,15,21H,11-14,16-17H2,1H3. The van der Waals surface area contributed by atoms with E-state index in [1.807, 2.05) is 30.3 Å². The van der Waals surface area contributed by atoms with E-state index in [1.165, 1.54) is 5.56 Å².